The summed E-state index contributed by atoms with van der Waals surface area (Å²) in [6.45, 7) is 0.204. The van der Waals surface area contributed by atoms with Gasteiger partial charge >= 0.3 is 11.9 Å². The molecular formula is C36H40ClN9O6S. The molecule has 2 heterocycles. The quantitative estimate of drug-likeness (QED) is 0.0673. The van der Waals surface area contributed by atoms with Gasteiger partial charge in [-0.3, -0.25) is 9.59 Å². The third-order valence-corrected chi connectivity index (χ3v) is 8.99. The van der Waals surface area contributed by atoms with Crippen LogP contribution in [0.2, 0.25) is 5.02 Å². The minimum atomic E-state index is -1.02. The first kappa shape index (κ1) is 40.6. The fourth-order valence-corrected chi connectivity index (χ4v) is 5.90. The van der Waals surface area contributed by atoms with Crippen molar-refractivity contribution in [2.24, 2.45) is 22.9 Å². The Morgan fingerprint density at radius 3 is 2.11 bits per heavy atom. The van der Waals surface area contributed by atoms with Crippen LogP contribution in [0.15, 0.2) is 64.2 Å². The maximum absolute atomic E-state index is 12.7. The van der Waals surface area contributed by atoms with Gasteiger partial charge in [0.1, 0.15) is 65.9 Å². The number of halogens is 1. The number of carbonyl (C=O) groups excluding carboxylic acids is 2. The molecule has 0 radical (unpaired) electrons. The van der Waals surface area contributed by atoms with E-state index >= 15 is 0 Å². The lowest BCUT2D eigenvalue weighted by molar-refractivity contribution is -0.162. The average molecular weight is 762 g/mol. The van der Waals surface area contributed by atoms with Crippen LogP contribution < -0.4 is 33.4 Å². The molecule has 0 aliphatic carbocycles. The number of nitrogens with zero attached hydrogens (tertiary/aromatic N) is 4. The molecule has 0 amide bonds. The molecule has 0 saturated heterocycles. The van der Waals surface area contributed by atoms with Gasteiger partial charge in [-0.25, -0.2) is 9.97 Å². The number of nitrogens with two attached hydrogens (primary N) is 5. The van der Waals surface area contributed by atoms with Crippen LogP contribution in [-0.2, 0) is 24.8 Å². The van der Waals surface area contributed by atoms with Crippen molar-refractivity contribution in [1.82, 2.24) is 9.97 Å². The lowest BCUT2D eigenvalue weighted by Gasteiger charge is -2.21. The Balaban J connectivity index is 1.49. The zero-order valence-electron chi connectivity index (χ0n) is 28.7. The summed E-state index contributed by atoms with van der Waals surface area (Å²) in [5.41, 5.74) is 31.4. The van der Waals surface area contributed by atoms with Crippen LogP contribution in [0.1, 0.15) is 42.5 Å². The number of nitriles is 2. The predicted octanol–water partition coefficient (Wildman–Crippen LogP) is 3.64. The van der Waals surface area contributed by atoms with E-state index in [4.69, 9.17) is 58.9 Å². The number of thioether (sulfide) groups is 1. The fraction of sp³-hybridized carbons (Fsp3) is 0.333. The topological polar surface area (TPSA) is 278 Å². The number of ether oxygens (including phenoxy) is 3. The SMILES string of the molecule is N#Cc1c(N)nc(SCc2coc(-c3ccc(Cl)cc3)n2)c(C#N)c1-c1ccc(OCC(COC(=O)C(N)CCCN)OC(=O)C(N)CCCN)cc1. The first-order chi connectivity index (χ1) is 25.6. The Morgan fingerprint density at radius 2 is 1.49 bits per heavy atom. The molecule has 0 aliphatic heterocycles. The summed E-state index contributed by atoms with van der Waals surface area (Å²) in [4.78, 5) is 33.9. The first-order valence-electron chi connectivity index (χ1n) is 16.6. The molecule has 0 saturated carbocycles. The smallest absolute Gasteiger partial charge is 0.323 e. The summed E-state index contributed by atoms with van der Waals surface area (Å²) < 4.78 is 22.4. The van der Waals surface area contributed by atoms with Crippen molar-refractivity contribution in [3.63, 3.8) is 0 Å². The zero-order valence-corrected chi connectivity index (χ0v) is 30.3. The maximum atomic E-state index is 12.7. The summed E-state index contributed by atoms with van der Waals surface area (Å²) in [6, 6.07) is 16.0. The number of benzene rings is 2. The van der Waals surface area contributed by atoms with E-state index < -0.39 is 30.1 Å². The monoisotopic (exact) mass is 761 g/mol. The lowest BCUT2D eigenvalue weighted by Crippen LogP contribution is -2.40. The largest absolute Gasteiger partial charge is 0.490 e. The van der Waals surface area contributed by atoms with Crippen LogP contribution >= 0.6 is 23.4 Å². The molecule has 0 spiro atoms. The Kier molecular flexibility index (Phi) is 15.4. The number of anilines is 1. The van der Waals surface area contributed by atoms with E-state index in [1.54, 1.807) is 48.5 Å². The molecule has 17 heteroatoms. The molecule has 278 valence electrons. The van der Waals surface area contributed by atoms with Crippen molar-refractivity contribution in [2.75, 3.05) is 32.0 Å². The number of rotatable bonds is 19. The number of esters is 2. The van der Waals surface area contributed by atoms with Gasteiger partial charge in [-0.1, -0.05) is 35.5 Å². The van der Waals surface area contributed by atoms with Crippen molar-refractivity contribution in [1.29, 1.82) is 10.5 Å². The van der Waals surface area contributed by atoms with Gasteiger partial charge in [0, 0.05) is 21.9 Å². The van der Waals surface area contributed by atoms with Crippen molar-refractivity contribution in [3.05, 3.63) is 76.6 Å². The Labute approximate surface area is 315 Å². The number of carbonyl (C=O) groups is 2. The number of hydrogen-bond acceptors (Lipinski definition) is 16. The van der Waals surface area contributed by atoms with Crippen molar-refractivity contribution in [2.45, 2.75) is 54.6 Å². The van der Waals surface area contributed by atoms with Gasteiger partial charge in [0.15, 0.2) is 6.10 Å². The molecular weight excluding hydrogens is 722 g/mol. The van der Waals surface area contributed by atoms with Crippen LogP contribution in [0.3, 0.4) is 0 Å². The second-order valence-corrected chi connectivity index (χ2v) is 13.1. The highest BCUT2D eigenvalue weighted by molar-refractivity contribution is 7.98. The second kappa shape index (κ2) is 20.1. The molecule has 2 aromatic heterocycles. The van der Waals surface area contributed by atoms with Gasteiger partial charge in [-0.15, -0.1) is 0 Å². The maximum Gasteiger partial charge on any atom is 0.323 e. The Morgan fingerprint density at radius 1 is 0.868 bits per heavy atom. The van der Waals surface area contributed by atoms with Gasteiger partial charge in [0.25, 0.3) is 0 Å². The van der Waals surface area contributed by atoms with E-state index in [0.29, 0.717) is 83.0 Å². The van der Waals surface area contributed by atoms with E-state index in [0.717, 1.165) is 5.56 Å². The second-order valence-electron chi connectivity index (χ2n) is 11.7. The number of aromatic nitrogens is 2. The van der Waals surface area contributed by atoms with E-state index in [2.05, 4.69) is 22.1 Å². The van der Waals surface area contributed by atoms with Crippen LogP contribution in [0, 0.1) is 22.7 Å². The molecule has 3 unspecified atom stereocenters. The molecule has 3 atom stereocenters. The summed E-state index contributed by atoms with van der Waals surface area (Å²) in [6.07, 6.45) is 2.21. The van der Waals surface area contributed by atoms with Gasteiger partial charge in [-0.05, 0) is 80.7 Å². The van der Waals surface area contributed by atoms with Gasteiger partial charge in [0.05, 0.1) is 11.3 Å². The summed E-state index contributed by atoms with van der Waals surface area (Å²) in [5, 5.41) is 21.1. The van der Waals surface area contributed by atoms with Crippen molar-refractivity contribution in [3.8, 4) is 40.5 Å². The van der Waals surface area contributed by atoms with Crippen LogP contribution in [-0.4, -0.2) is 66.4 Å². The fourth-order valence-electron chi connectivity index (χ4n) is 4.90. The van der Waals surface area contributed by atoms with E-state index in [-0.39, 0.29) is 30.2 Å². The number of pyridine rings is 1. The van der Waals surface area contributed by atoms with Crippen LogP contribution in [0.25, 0.3) is 22.6 Å². The van der Waals surface area contributed by atoms with Gasteiger partial charge in [0.2, 0.25) is 5.89 Å². The molecule has 10 N–H and O–H groups in total. The van der Waals surface area contributed by atoms with Crippen LogP contribution in [0.4, 0.5) is 5.82 Å². The molecule has 53 heavy (non-hydrogen) atoms. The summed E-state index contributed by atoms with van der Waals surface area (Å²) in [5.74, 6) is -0.353. The summed E-state index contributed by atoms with van der Waals surface area (Å²) in [7, 11) is 0. The standard InChI is InChI=1S/C36H40ClN9O6S/c37-23-9-5-22(6-10-23)33-45-24(17-50-33)20-53-34-28(16-41)31(27(15-40)32(44)46-34)21-7-11-25(12-8-21)49-18-26(52-36(48)30(43)4-2-14-39)19-51-35(47)29(42)3-1-13-38/h5-12,17,26,29-30H,1-4,13-14,18-20,38-39,42-43H2,(H2,44,46). The van der Waals surface area contributed by atoms with Crippen LogP contribution in [0.5, 0.6) is 5.75 Å². The molecule has 4 aromatic rings. The van der Waals surface area contributed by atoms with Gasteiger partial charge < -0.3 is 47.3 Å². The Hall–Kier alpha value is -5.20. The molecule has 0 aliphatic rings. The third-order valence-electron chi connectivity index (χ3n) is 7.73. The number of hydrogen-bond donors (Lipinski definition) is 5. The highest BCUT2D eigenvalue weighted by atomic mass is 35.5. The lowest BCUT2D eigenvalue weighted by atomic mass is 9.97. The van der Waals surface area contributed by atoms with Gasteiger partial charge in [-0.2, -0.15) is 10.5 Å². The van der Waals surface area contributed by atoms with Crippen molar-refractivity contribution < 1.29 is 28.2 Å². The predicted molar refractivity (Wildman–Crippen MR) is 199 cm³/mol. The normalized spacial score (nSPS) is 12.6. The third kappa shape index (κ3) is 11.4. The highest BCUT2D eigenvalue weighted by Gasteiger charge is 2.25. The van der Waals surface area contributed by atoms with E-state index in [1.807, 2.05) is 0 Å². The zero-order chi connectivity index (χ0) is 38.3. The Bertz CT molecular complexity index is 1930. The number of oxazole rings is 1. The molecule has 0 bridgehead atoms. The minimum Gasteiger partial charge on any atom is -0.490 e. The molecule has 2 aromatic carbocycles. The molecule has 0 fully saturated rings. The minimum absolute atomic E-state index is 0.0375. The number of nitrogen functional groups attached to an aromatic ring is 1. The van der Waals surface area contributed by atoms with E-state index in [1.165, 1.54) is 18.0 Å². The highest BCUT2D eigenvalue weighted by Crippen LogP contribution is 2.37. The molecule has 4 rings (SSSR count). The van der Waals surface area contributed by atoms with Crippen molar-refractivity contribution >= 4 is 41.1 Å². The summed E-state index contributed by atoms with van der Waals surface area (Å²) >= 11 is 7.20. The van der Waals surface area contributed by atoms with E-state index in [9.17, 15) is 20.1 Å². The molecule has 15 nitrogen and oxygen atoms in total. The first-order valence-corrected chi connectivity index (χ1v) is 17.9. The average Bonchev–Trinajstić information content (AvgIpc) is 3.65.